The van der Waals surface area contributed by atoms with E-state index >= 15 is 0 Å². The molecule has 0 atom stereocenters. The Hall–Kier alpha value is -4.18. The van der Waals surface area contributed by atoms with Gasteiger partial charge in [-0.05, 0) is 18.2 Å². The lowest BCUT2D eigenvalue weighted by Crippen LogP contribution is -2.29. The van der Waals surface area contributed by atoms with Gasteiger partial charge in [-0.25, -0.2) is 4.98 Å². The first-order chi connectivity index (χ1) is 16.5. The van der Waals surface area contributed by atoms with Crippen LogP contribution in [0.3, 0.4) is 0 Å². The Kier molecular flexibility index (Phi) is 5.96. The topological polar surface area (TPSA) is 98.6 Å². The van der Waals surface area contributed by atoms with Crippen LogP contribution >= 0.6 is 11.3 Å². The van der Waals surface area contributed by atoms with Crippen molar-refractivity contribution in [3.8, 4) is 22.8 Å². The Labute approximate surface area is 199 Å². The predicted octanol–water partition coefficient (Wildman–Crippen LogP) is 3.65. The molecular weight excluding hydrogens is 454 g/mol. The van der Waals surface area contributed by atoms with Gasteiger partial charge in [-0.1, -0.05) is 30.3 Å². The first-order valence-electron chi connectivity index (χ1n) is 10.5. The van der Waals surface area contributed by atoms with E-state index in [4.69, 9.17) is 9.47 Å². The minimum absolute atomic E-state index is 0.0489. The highest BCUT2D eigenvalue weighted by Crippen LogP contribution is 2.32. The van der Waals surface area contributed by atoms with Crippen molar-refractivity contribution in [2.75, 3.05) is 19.2 Å². The van der Waals surface area contributed by atoms with Crippen molar-refractivity contribution in [2.24, 2.45) is 0 Å². The maximum atomic E-state index is 12.7. The van der Waals surface area contributed by atoms with Crippen LogP contribution in [-0.4, -0.2) is 45.3 Å². The van der Waals surface area contributed by atoms with Crippen LogP contribution in [0.25, 0.3) is 11.3 Å². The summed E-state index contributed by atoms with van der Waals surface area (Å²) in [6.45, 7) is 0.602. The summed E-state index contributed by atoms with van der Waals surface area (Å²) in [5, 5.41) is 9.81. The number of nitrogens with one attached hydrogen (secondary N) is 1. The van der Waals surface area contributed by atoms with Gasteiger partial charge in [0.15, 0.2) is 11.5 Å². The quantitative estimate of drug-likeness (QED) is 0.438. The molecule has 2 amide bonds. The number of hydrogen-bond donors (Lipinski definition) is 1. The van der Waals surface area contributed by atoms with Crippen LogP contribution in [0.15, 0.2) is 66.3 Å². The number of carbonyl (C=O) groups excluding carboxylic acids is 2. The van der Waals surface area contributed by atoms with E-state index in [0.29, 0.717) is 29.3 Å². The zero-order valence-electron chi connectivity index (χ0n) is 18.3. The van der Waals surface area contributed by atoms with Crippen molar-refractivity contribution < 1.29 is 19.1 Å². The first kappa shape index (κ1) is 21.7. The van der Waals surface area contributed by atoms with Crippen LogP contribution in [0, 0.1) is 0 Å². The molecule has 2 aromatic heterocycles. The van der Waals surface area contributed by atoms with Gasteiger partial charge in [-0.15, -0.1) is 11.3 Å². The van der Waals surface area contributed by atoms with Gasteiger partial charge in [-0.2, -0.15) is 5.10 Å². The molecule has 0 fully saturated rings. The molecule has 0 radical (unpaired) electrons. The number of thiazole rings is 1. The average Bonchev–Trinajstić information content (AvgIpc) is 3.60. The molecule has 172 valence electrons. The molecule has 1 aliphatic heterocycles. The van der Waals surface area contributed by atoms with E-state index in [9.17, 15) is 9.59 Å². The molecule has 0 bridgehead atoms. The highest BCUT2D eigenvalue weighted by atomic mass is 32.1. The van der Waals surface area contributed by atoms with E-state index in [1.54, 1.807) is 36.3 Å². The van der Waals surface area contributed by atoms with Crippen LogP contribution in [0.2, 0.25) is 0 Å². The Bertz CT molecular complexity index is 1330. The highest BCUT2D eigenvalue weighted by molar-refractivity contribution is 7.09. The molecule has 4 aromatic rings. The van der Waals surface area contributed by atoms with Crippen LogP contribution < -0.4 is 14.8 Å². The summed E-state index contributed by atoms with van der Waals surface area (Å²) in [7, 11) is 1.73. The van der Waals surface area contributed by atoms with Crippen LogP contribution in [-0.2, 0) is 17.9 Å². The summed E-state index contributed by atoms with van der Waals surface area (Å²) in [5.41, 5.74) is 2.87. The summed E-state index contributed by atoms with van der Waals surface area (Å²) < 4.78 is 12.1. The number of aromatic nitrogens is 3. The standard InChI is InChI=1S/C24H21N5O4S/c1-28(12-22-27-19(14-34-22)16-5-3-2-4-6-16)23(30)13-29-11-18(10-25-29)26-24(31)17-7-8-20-21(9-17)33-15-32-20/h2-11,14H,12-13,15H2,1H3,(H,26,31). The van der Waals surface area contributed by atoms with Gasteiger partial charge in [0.05, 0.1) is 24.1 Å². The molecular formula is C24H21N5O4S. The first-order valence-corrected chi connectivity index (χ1v) is 11.4. The molecule has 34 heavy (non-hydrogen) atoms. The van der Waals surface area contributed by atoms with Crippen molar-refractivity contribution in [3.05, 3.63) is 76.9 Å². The molecule has 0 unspecified atom stereocenters. The Morgan fingerprint density at radius 2 is 1.97 bits per heavy atom. The molecule has 0 saturated heterocycles. The van der Waals surface area contributed by atoms with Gasteiger partial charge in [0.1, 0.15) is 11.6 Å². The summed E-state index contributed by atoms with van der Waals surface area (Å²) in [4.78, 5) is 31.5. The van der Waals surface area contributed by atoms with Crippen LogP contribution in [0.5, 0.6) is 11.5 Å². The minimum atomic E-state index is -0.306. The fourth-order valence-corrected chi connectivity index (χ4v) is 4.29. The zero-order chi connectivity index (χ0) is 23.5. The summed E-state index contributed by atoms with van der Waals surface area (Å²) in [6, 6.07) is 14.9. The third-order valence-corrected chi connectivity index (χ3v) is 6.08. The van der Waals surface area contributed by atoms with Crippen molar-refractivity contribution >= 4 is 28.8 Å². The second-order valence-corrected chi connectivity index (χ2v) is 8.63. The monoisotopic (exact) mass is 475 g/mol. The fraction of sp³-hybridized carbons (Fsp3) is 0.167. The minimum Gasteiger partial charge on any atom is -0.454 e. The molecule has 0 saturated carbocycles. The fourth-order valence-electron chi connectivity index (χ4n) is 3.43. The average molecular weight is 476 g/mol. The van der Waals surface area contributed by atoms with Gasteiger partial charge in [0.2, 0.25) is 12.7 Å². The van der Waals surface area contributed by atoms with Gasteiger partial charge < -0.3 is 19.7 Å². The number of ether oxygens (including phenoxy) is 2. The lowest BCUT2D eigenvalue weighted by Gasteiger charge is -2.15. The molecule has 5 rings (SSSR count). The zero-order valence-corrected chi connectivity index (χ0v) is 19.1. The molecule has 1 aliphatic rings. The van der Waals surface area contributed by atoms with E-state index < -0.39 is 0 Å². The number of likely N-dealkylation sites (N-methyl/N-ethyl adjacent to an activating group) is 1. The molecule has 1 N–H and O–H groups in total. The second-order valence-electron chi connectivity index (χ2n) is 7.69. The molecule has 0 aliphatic carbocycles. The van der Waals surface area contributed by atoms with E-state index in [2.05, 4.69) is 15.4 Å². The van der Waals surface area contributed by atoms with Gasteiger partial charge in [0, 0.05) is 29.8 Å². The summed E-state index contributed by atoms with van der Waals surface area (Å²) in [5.74, 6) is 0.724. The third-order valence-electron chi connectivity index (χ3n) is 5.24. The number of benzene rings is 2. The number of anilines is 1. The molecule has 2 aromatic carbocycles. The van der Waals surface area contributed by atoms with E-state index in [1.807, 2.05) is 35.7 Å². The summed E-state index contributed by atoms with van der Waals surface area (Å²) in [6.07, 6.45) is 3.12. The van der Waals surface area contributed by atoms with E-state index in [-0.39, 0.29) is 25.2 Å². The predicted molar refractivity (Wildman–Crippen MR) is 127 cm³/mol. The number of rotatable bonds is 7. The lowest BCUT2D eigenvalue weighted by atomic mass is 10.2. The SMILES string of the molecule is CN(Cc1nc(-c2ccccc2)cs1)C(=O)Cn1cc(NC(=O)c2ccc3c(c2)OCO3)cn1. The lowest BCUT2D eigenvalue weighted by molar-refractivity contribution is -0.131. The third kappa shape index (κ3) is 4.76. The largest absolute Gasteiger partial charge is 0.454 e. The van der Waals surface area contributed by atoms with E-state index in [1.165, 1.54) is 22.2 Å². The highest BCUT2D eigenvalue weighted by Gasteiger charge is 2.17. The Morgan fingerprint density at radius 3 is 2.82 bits per heavy atom. The Balaban J connectivity index is 1.16. The summed E-state index contributed by atoms with van der Waals surface area (Å²) >= 11 is 1.52. The van der Waals surface area contributed by atoms with Crippen LogP contribution in [0.1, 0.15) is 15.4 Å². The smallest absolute Gasteiger partial charge is 0.255 e. The second kappa shape index (κ2) is 9.36. The maximum absolute atomic E-state index is 12.7. The number of carbonyl (C=O) groups is 2. The number of amides is 2. The Morgan fingerprint density at radius 1 is 1.15 bits per heavy atom. The number of fused-ring (bicyclic) bond motifs is 1. The molecule has 0 spiro atoms. The van der Waals surface area contributed by atoms with Crippen LogP contribution in [0.4, 0.5) is 5.69 Å². The van der Waals surface area contributed by atoms with Gasteiger partial charge >= 0.3 is 0 Å². The number of nitrogens with zero attached hydrogens (tertiary/aromatic N) is 4. The molecule has 10 heteroatoms. The van der Waals surface area contributed by atoms with Crippen molar-refractivity contribution in [3.63, 3.8) is 0 Å². The van der Waals surface area contributed by atoms with Crippen molar-refractivity contribution in [1.82, 2.24) is 19.7 Å². The van der Waals surface area contributed by atoms with Crippen molar-refractivity contribution in [2.45, 2.75) is 13.1 Å². The van der Waals surface area contributed by atoms with Crippen molar-refractivity contribution in [1.29, 1.82) is 0 Å². The molecule has 3 heterocycles. The van der Waals surface area contributed by atoms with Gasteiger partial charge in [0.25, 0.3) is 5.91 Å². The van der Waals surface area contributed by atoms with Gasteiger partial charge in [-0.3, -0.25) is 14.3 Å². The normalized spacial score (nSPS) is 11.9. The molecule has 9 nitrogen and oxygen atoms in total. The van der Waals surface area contributed by atoms with E-state index in [0.717, 1.165) is 16.3 Å². The number of hydrogen-bond acceptors (Lipinski definition) is 7. The maximum Gasteiger partial charge on any atom is 0.255 e.